The lowest BCUT2D eigenvalue weighted by Gasteiger charge is -2.09. The first-order valence-corrected chi connectivity index (χ1v) is 8.59. The second kappa shape index (κ2) is 7.75. The van der Waals surface area contributed by atoms with Crippen LogP contribution in [0.3, 0.4) is 0 Å². The highest BCUT2D eigenvalue weighted by Gasteiger charge is 2.06. The lowest BCUT2D eigenvalue weighted by Crippen LogP contribution is -2.23. The molecule has 2 aromatic carbocycles. The Bertz CT molecular complexity index is 798. The van der Waals surface area contributed by atoms with E-state index in [1.807, 2.05) is 36.6 Å². The molecule has 1 aromatic heterocycles. The summed E-state index contributed by atoms with van der Waals surface area (Å²) in [4.78, 5) is 16.4. The van der Waals surface area contributed by atoms with Crippen molar-refractivity contribution >= 4 is 17.2 Å². The number of aromatic nitrogens is 1. The van der Waals surface area contributed by atoms with Crippen LogP contribution in [0.25, 0.3) is 0 Å². The molecule has 24 heavy (non-hydrogen) atoms. The number of benzene rings is 2. The highest BCUT2D eigenvalue weighted by atomic mass is 32.1. The highest BCUT2D eigenvalue weighted by Crippen LogP contribution is 2.15. The summed E-state index contributed by atoms with van der Waals surface area (Å²) in [5.74, 6) is 0.628. The van der Waals surface area contributed by atoms with Gasteiger partial charge in [-0.3, -0.25) is 4.79 Å². The van der Waals surface area contributed by atoms with Gasteiger partial charge in [0.25, 0.3) is 5.91 Å². The smallest absolute Gasteiger partial charge is 0.251 e. The predicted molar refractivity (Wildman–Crippen MR) is 95.2 cm³/mol. The molecule has 0 saturated heterocycles. The first-order chi connectivity index (χ1) is 11.7. The van der Waals surface area contributed by atoms with Crippen molar-refractivity contribution in [2.45, 2.75) is 20.1 Å². The molecular weight excluding hydrogens is 320 g/mol. The second-order valence-corrected chi connectivity index (χ2v) is 6.12. The number of nitrogens with one attached hydrogen (secondary N) is 1. The van der Waals surface area contributed by atoms with Crippen molar-refractivity contribution in [3.63, 3.8) is 0 Å². The van der Waals surface area contributed by atoms with E-state index < -0.39 is 0 Å². The van der Waals surface area contributed by atoms with Crippen LogP contribution >= 0.6 is 11.3 Å². The largest absolute Gasteiger partial charge is 0.487 e. The number of carbonyl (C=O) groups is 1. The lowest BCUT2D eigenvalue weighted by atomic mass is 10.1. The number of carbonyl (C=O) groups excluding carboxylic acids is 1. The van der Waals surface area contributed by atoms with Gasteiger partial charge in [0.1, 0.15) is 12.4 Å². The SMILES string of the molecule is Cc1ccccc1CNC(=O)c1ccc(OCc2cscn2)cc1. The number of ether oxygens (including phenoxy) is 1. The zero-order chi connectivity index (χ0) is 16.8. The van der Waals surface area contributed by atoms with Crippen molar-refractivity contribution in [3.8, 4) is 5.75 Å². The van der Waals surface area contributed by atoms with Crippen LogP contribution in [0, 0.1) is 6.92 Å². The van der Waals surface area contributed by atoms with E-state index in [1.165, 1.54) is 5.56 Å². The van der Waals surface area contributed by atoms with Crippen LogP contribution in [-0.2, 0) is 13.2 Å². The second-order valence-electron chi connectivity index (χ2n) is 5.40. The lowest BCUT2D eigenvalue weighted by molar-refractivity contribution is 0.0951. The molecule has 0 atom stereocenters. The first kappa shape index (κ1) is 16.2. The number of hydrogen-bond acceptors (Lipinski definition) is 4. The van der Waals surface area contributed by atoms with E-state index in [0.29, 0.717) is 18.7 Å². The van der Waals surface area contributed by atoms with Gasteiger partial charge in [-0.15, -0.1) is 11.3 Å². The molecule has 0 fully saturated rings. The van der Waals surface area contributed by atoms with Crippen LogP contribution in [0.15, 0.2) is 59.4 Å². The molecule has 0 spiro atoms. The van der Waals surface area contributed by atoms with Crippen LogP contribution in [-0.4, -0.2) is 10.9 Å². The van der Waals surface area contributed by atoms with E-state index in [9.17, 15) is 4.79 Å². The summed E-state index contributed by atoms with van der Waals surface area (Å²) in [6.45, 7) is 2.99. The van der Waals surface area contributed by atoms with Crippen molar-refractivity contribution in [2.24, 2.45) is 0 Å². The molecule has 1 amide bonds. The Labute approximate surface area is 145 Å². The molecule has 4 nitrogen and oxygen atoms in total. The number of nitrogens with zero attached hydrogens (tertiary/aromatic N) is 1. The zero-order valence-electron chi connectivity index (χ0n) is 13.4. The van der Waals surface area contributed by atoms with Crippen LogP contribution < -0.4 is 10.1 Å². The van der Waals surface area contributed by atoms with Gasteiger partial charge in [0.15, 0.2) is 0 Å². The van der Waals surface area contributed by atoms with E-state index in [2.05, 4.69) is 10.3 Å². The first-order valence-electron chi connectivity index (χ1n) is 7.65. The third kappa shape index (κ3) is 4.20. The number of amides is 1. The Balaban J connectivity index is 1.54. The molecule has 5 heteroatoms. The Morgan fingerprint density at radius 2 is 1.96 bits per heavy atom. The topological polar surface area (TPSA) is 51.2 Å². The van der Waals surface area contributed by atoms with Crippen LogP contribution in [0.1, 0.15) is 27.2 Å². The fraction of sp³-hybridized carbons (Fsp3) is 0.158. The van der Waals surface area contributed by atoms with Gasteiger partial charge in [-0.25, -0.2) is 4.98 Å². The van der Waals surface area contributed by atoms with Gasteiger partial charge in [-0.2, -0.15) is 0 Å². The average molecular weight is 338 g/mol. The van der Waals surface area contributed by atoms with E-state index in [1.54, 1.807) is 41.1 Å². The van der Waals surface area contributed by atoms with Gasteiger partial charge >= 0.3 is 0 Å². The Kier molecular flexibility index (Phi) is 5.23. The summed E-state index contributed by atoms with van der Waals surface area (Å²) in [5, 5.41) is 4.89. The molecule has 0 radical (unpaired) electrons. The maximum absolute atomic E-state index is 12.2. The average Bonchev–Trinajstić information content (AvgIpc) is 3.13. The molecule has 3 rings (SSSR count). The minimum Gasteiger partial charge on any atom is -0.487 e. The monoisotopic (exact) mass is 338 g/mol. The Morgan fingerprint density at radius 1 is 1.17 bits per heavy atom. The standard InChI is InChI=1S/C19H18N2O2S/c1-14-4-2-3-5-16(14)10-20-19(22)15-6-8-18(9-7-15)23-11-17-12-24-13-21-17/h2-9,12-13H,10-11H2,1H3,(H,20,22). The maximum atomic E-state index is 12.2. The molecule has 0 bridgehead atoms. The highest BCUT2D eigenvalue weighted by molar-refractivity contribution is 7.07. The van der Waals surface area contributed by atoms with Crippen molar-refractivity contribution < 1.29 is 9.53 Å². The van der Waals surface area contributed by atoms with Crippen LogP contribution in [0.4, 0.5) is 0 Å². The molecule has 0 saturated carbocycles. The Hall–Kier alpha value is -2.66. The van der Waals surface area contributed by atoms with Gasteiger partial charge in [-0.05, 0) is 42.3 Å². The summed E-state index contributed by atoms with van der Waals surface area (Å²) in [6.07, 6.45) is 0. The molecule has 0 aliphatic carbocycles. The maximum Gasteiger partial charge on any atom is 0.251 e. The summed E-state index contributed by atoms with van der Waals surface area (Å²) in [6, 6.07) is 15.2. The molecule has 0 aliphatic rings. The van der Waals surface area contributed by atoms with E-state index in [4.69, 9.17) is 4.74 Å². The zero-order valence-corrected chi connectivity index (χ0v) is 14.2. The van der Waals surface area contributed by atoms with Gasteiger partial charge in [0.2, 0.25) is 0 Å². The van der Waals surface area contributed by atoms with Gasteiger partial charge in [-0.1, -0.05) is 24.3 Å². The van der Waals surface area contributed by atoms with Crippen molar-refractivity contribution in [1.29, 1.82) is 0 Å². The number of thiazole rings is 1. The number of hydrogen-bond donors (Lipinski definition) is 1. The van der Waals surface area contributed by atoms with Gasteiger partial charge in [0.05, 0.1) is 11.2 Å². The van der Waals surface area contributed by atoms with E-state index in [-0.39, 0.29) is 5.91 Å². The molecule has 0 aliphatic heterocycles. The number of aryl methyl sites for hydroxylation is 1. The van der Waals surface area contributed by atoms with E-state index >= 15 is 0 Å². The minimum atomic E-state index is -0.0932. The fourth-order valence-corrected chi connectivity index (χ4v) is 2.80. The van der Waals surface area contributed by atoms with E-state index in [0.717, 1.165) is 17.0 Å². The third-order valence-corrected chi connectivity index (χ3v) is 4.32. The minimum absolute atomic E-state index is 0.0932. The van der Waals surface area contributed by atoms with Crippen molar-refractivity contribution in [3.05, 3.63) is 81.8 Å². The fourth-order valence-electron chi connectivity index (χ4n) is 2.25. The number of rotatable bonds is 6. The van der Waals surface area contributed by atoms with Crippen LogP contribution in [0.5, 0.6) is 5.75 Å². The third-order valence-electron chi connectivity index (χ3n) is 3.69. The molecular formula is C19H18N2O2S. The summed E-state index contributed by atoms with van der Waals surface area (Å²) >= 11 is 1.54. The van der Waals surface area contributed by atoms with Crippen LogP contribution in [0.2, 0.25) is 0 Å². The predicted octanol–water partition coefficient (Wildman–Crippen LogP) is 3.96. The molecule has 1 heterocycles. The molecule has 3 aromatic rings. The van der Waals surface area contributed by atoms with Crippen molar-refractivity contribution in [2.75, 3.05) is 0 Å². The van der Waals surface area contributed by atoms with Gasteiger partial charge < -0.3 is 10.1 Å². The Morgan fingerprint density at radius 3 is 2.67 bits per heavy atom. The summed E-state index contributed by atoms with van der Waals surface area (Å²) in [5.41, 5.74) is 5.59. The summed E-state index contributed by atoms with van der Waals surface area (Å²) in [7, 11) is 0. The molecule has 122 valence electrons. The van der Waals surface area contributed by atoms with Gasteiger partial charge in [0, 0.05) is 17.5 Å². The quantitative estimate of drug-likeness (QED) is 0.740. The normalized spacial score (nSPS) is 10.4. The molecule has 1 N–H and O–H groups in total. The van der Waals surface area contributed by atoms with Crippen molar-refractivity contribution in [1.82, 2.24) is 10.3 Å². The summed E-state index contributed by atoms with van der Waals surface area (Å²) < 4.78 is 5.64. The molecule has 0 unspecified atom stereocenters.